The van der Waals surface area contributed by atoms with Crippen LogP contribution in [0.25, 0.3) is 0 Å². The lowest BCUT2D eigenvalue weighted by atomic mass is 9.94. The third-order valence-corrected chi connectivity index (χ3v) is 3.71. The van der Waals surface area contributed by atoms with Gasteiger partial charge in [-0.3, -0.25) is 5.10 Å². The zero-order chi connectivity index (χ0) is 11.5. The Bertz CT molecular complexity index is 353. The van der Waals surface area contributed by atoms with Crippen LogP contribution in [0.4, 0.5) is 0 Å². The van der Waals surface area contributed by atoms with Crippen molar-refractivity contribution in [1.82, 2.24) is 20.5 Å². The molecule has 3 heterocycles. The fourth-order valence-electron chi connectivity index (χ4n) is 2.69. The lowest BCUT2D eigenvalue weighted by molar-refractivity contribution is 0.105. The van der Waals surface area contributed by atoms with E-state index in [9.17, 15) is 0 Å². The third kappa shape index (κ3) is 2.66. The Balaban J connectivity index is 1.59. The molecule has 0 spiro atoms. The highest BCUT2D eigenvalue weighted by Crippen LogP contribution is 2.26. The van der Waals surface area contributed by atoms with E-state index in [-0.39, 0.29) is 6.10 Å². The monoisotopic (exact) mass is 236 g/mol. The summed E-state index contributed by atoms with van der Waals surface area (Å²) < 4.78 is 5.59. The molecule has 2 aliphatic heterocycles. The number of nitrogens with zero attached hydrogens (tertiary/aromatic N) is 2. The van der Waals surface area contributed by atoms with Crippen LogP contribution in [0.15, 0.2) is 0 Å². The van der Waals surface area contributed by atoms with E-state index in [4.69, 9.17) is 4.74 Å². The Morgan fingerprint density at radius 3 is 2.88 bits per heavy atom. The number of ether oxygens (including phenoxy) is 1. The lowest BCUT2D eigenvalue weighted by Crippen LogP contribution is -2.28. The van der Waals surface area contributed by atoms with Crippen molar-refractivity contribution in [2.24, 2.45) is 5.92 Å². The second-order valence-corrected chi connectivity index (χ2v) is 5.04. The molecule has 2 fully saturated rings. The van der Waals surface area contributed by atoms with Crippen molar-refractivity contribution < 1.29 is 4.74 Å². The summed E-state index contributed by atoms with van der Waals surface area (Å²) in [6, 6.07) is 0. The molecular weight excluding hydrogens is 216 g/mol. The topological polar surface area (TPSA) is 62.8 Å². The molecule has 0 aromatic carbocycles. The summed E-state index contributed by atoms with van der Waals surface area (Å²) in [5.74, 6) is 2.63. The van der Waals surface area contributed by atoms with E-state index in [0.717, 1.165) is 56.5 Å². The SMILES string of the molecule is C1COC(c2n[nH]c(CC3CCNCC3)n2)C1. The molecule has 1 unspecified atom stereocenters. The highest BCUT2D eigenvalue weighted by atomic mass is 16.5. The molecule has 2 aliphatic rings. The third-order valence-electron chi connectivity index (χ3n) is 3.71. The maximum atomic E-state index is 5.59. The number of piperidine rings is 1. The van der Waals surface area contributed by atoms with E-state index in [2.05, 4.69) is 20.5 Å². The average molecular weight is 236 g/mol. The first kappa shape index (κ1) is 11.2. The summed E-state index contributed by atoms with van der Waals surface area (Å²) in [6.07, 6.45) is 5.84. The number of aromatic nitrogens is 3. The minimum atomic E-state index is 0.132. The molecule has 17 heavy (non-hydrogen) atoms. The summed E-state index contributed by atoms with van der Waals surface area (Å²) >= 11 is 0. The first-order chi connectivity index (χ1) is 8.42. The van der Waals surface area contributed by atoms with Crippen LogP contribution >= 0.6 is 0 Å². The van der Waals surface area contributed by atoms with E-state index in [1.165, 1.54) is 12.8 Å². The maximum absolute atomic E-state index is 5.59. The number of nitrogens with one attached hydrogen (secondary N) is 2. The maximum Gasteiger partial charge on any atom is 0.179 e. The zero-order valence-corrected chi connectivity index (χ0v) is 10.1. The molecule has 5 nitrogen and oxygen atoms in total. The van der Waals surface area contributed by atoms with Crippen LogP contribution in [0, 0.1) is 5.92 Å². The minimum Gasteiger partial charge on any atom is -0.370 e. The van der Waals surface area contributed by atoms with E-state index >= 15 is 0 Å². The second kappa shape index (κ2) is 5.14. The number of H-pyrrole nitrogens is 1. The Kier molecular flexibility index (Phi) is 3.38. The van der Waals surface area contributed by atoms with Crippen LogP contribution < -0.4 is 5.32 Å². The molecule has 2 N–H and O–H groups in total. The standard InChI is InChI=1S/C12H20N4O/c1-2-10(17-7-1)12-14-11(15-16-12)8-9-3-5-13-6-4-9/h9-10,13H,1-8H2,(H,14,15,16). The minimum absolute atomic E-state index is 0.132. The van der Waals surface area contributed by atoms with Gasteiger partial charge in [-0.1, -0.05) is 0 Å². The highest BCUT2D eigenvalue weighted by Gasteiger charge is 2.23. The molecular formula is C12H20N4O. The number of aromatic amines is 1. The molecule has 3 rings (SSSR count). The van der Waals surface area contributed by atoms with Crippen LogP contribution in [-0.2, 0) is 11.2 Å². The molecule has 2 saturated heterocycles. The summed E-state index contributed by atoms with van der Waals surface area (Å²) in [5.41, 5.74) is 0. The van der Waals surface area contributed by atoms with Gasteiger partial charge in [-0.05, 0) is 44.7 Å². The second-order valence-electron chi connectivity index (χ2n) is 5.04. The van der Waals surface area contributed by atoms with Gasteiger partial charge >= 0.3 is 0 Å². The van der Waals surface area contributed by atoms with Crippen LogP contribution in [0.1, 0.15) is 43.4 Å². The molecule has 0 aliphatic carbocycles. The number of hydrogen-bond acceptors (Lipinski definition) is 4. The van der Waals surface area contributed by atoms with Crippen molar-refractivity contribution in [3.05, 3.63) is 11.6 Å². The predicted octanol–water partition coefficient (Wildman–Crippen LogP) is 1.20. The summed E-state index contributed by atoms with van der Waals surface area (Å²) in [7, 11) is 0. The molecule has 94 valence electrons. The summed E-state index contributed by atoms with van der Waals surface area (Å²) in [6.45, 7) is 3.12. The normalized spacial score (nSPS) is 26.5. The van der Waals surface area contributed by atoms with Crippen LogP contribution in [0.5, 0.6) is 0 Å². The lowest BCUT2D eigenvalue weighted by Gasteiger charge is -2.21. The van der Waals surface area contributed by atoms with E-state index < -0.39 is 0 Å². The number of rotatable bonds is 3. The van der Waals surface area contributed by atoms with E-state index in [1.54, 1.807) is 0 Å². The van der Waals surface area contributed by atoms with Gasteiger partial charge in [0.25, 0.3) is 0 Å². The van der Waals surface area contributed by atoms with E-state index in [1.807, 2.05) is 0 Å². The molecule has 5 heteroatoms. The Labute approximate surface area is 101 Å². The van der Waals surface area contributed by atoms with Crippen molar-refractivity contribution in [3.8, 4) is 0 Å². The number of hydrogen-bond donors (Lipinski definition) is 2. The molecule has 1 aromatic rings. The van der Waals surface area contributed by atoms with Crippen molar-refractivity contribution >= 4 is 0 Å². The van der Waals surface area contributed by atoms with Gasteiger partial charge < -0.3 is 10.1 Å². The average Bonchev–Trinajstić information content (AvgIpc) is 3.00. The largest absolute Gasteiger partial charge is 0.370 e. The van der Waals surface area contributed by atoms with Gasteiger partial charge in [0.05, 0.1) is 0 Å². The molecule has 0 bridgehead atoms. The van der Waals surface area contributed by atoms with Crippen LogP contribution in [0.2, 0.25) is 0 Å². The first-order valence-corrected chi connectivity index (χ1v) is 6.65. The summed E-state index contributed by atoms with van der Waals surface area (Å²) in [5, 5.41) is 10.7. The van der Waals surface area contributed by atoms with Gasteiger partial charge in [0.2, 0.25) is 0 Å². The van der Waals surface area contributed by atoms with Crippen molar-refractivity contribution in [3.63, 3.8) is 0 Å². The molecule has 1 atom stereocenters. The molecule has 1 aromatic heterocycles. The fraction of sp³-hybridized carbons (Fsp3) is 0.833. The van der Waals surface area contributed by atoms with Gasteiger partial charge in [0, 0.05) is 13.0 Å². The summed E-state index contributed by atoms with van der Waals surface area (Å²) in [4.78, 5) is 4.57. The van der Waals surface area contributed by atoms with Crippen LogP contribution in [0.3, 0.4) is 0 Å². The van der Waals surface area contributed by atoms with Gasteiger partial charge in [0.15, 0.2) is 5.82 Å². The quantitative estimate of drug-likeness (QED) is 0.827. The molecule has 0 saturated carbocycles. The highest BCUT2D eigenvalue weighted by molar-refractivity contribution is 4.97. The Hall–Kier alpha value is -0.940. The first-order valence-electron chi connectivity index (χ1n) is 6.65. The Morgan fingerprint density at radius 1 is 1.24 bits per heavy atom. The fourth-order valence-corrected chi connectivity index (χ4v) is 2.69. The van der Waals surface area contributed by atoms with Crippen molar-refractivity contribution in [2.75, 3.05) is 19.7 Å². The van der Waals surface area contributed by atoms with Gasteiger partial charge in [-0.25, -0.2) is 4.98 Å². The van der Waals surface area contributed by atoms with Crippen LogP contribution in [-0.4, -0.2) is 34.9 Å². The zero-order valence-electron chi connectivity index (χ0n) is 10.1. The van der Waals surface area contributed by atoms with Gasteiger partial charge in [0.1, 0.15) is 11.9 Å². The predicted molar refractivity (Wildman–Crippen MR) is 63.6 cm³/mol. The molecule has 0 radical (unpaired) electrons. The van der Waals surface area contributed by atoms with Gasteiger partial charge in [-0.15, -0.1) is 0 Å². The van der Waals surface area contributed by atoms with E-state index in [0.29, 0.717) is 0 Å². The smallest absolute Gasteiger partial charge is 0.179 e. The van der Waals surface area contributed by atoms with Crippen molar-refractivity contribution in [2.45, 2.75) is 38.2 Å². The van der Waals surface area contributed by atoms with Crippen molar-refractivity contribution in [1.29, 1.82) is 0 Å². The van der Waals surface area contributed by atoms with Gasteiger partial charge in [-0.2, -0.15) is 5.10 Å². The molecule has 0 amide bonds. The Morgan fingerprint density at radius 2 is 2.12 bits per heavy atom.